The van der Waals surface area contributed by atoms with Gasteiger partial charge >= 0.3 is 7.60 Å². The Morgan fingerprint density at radius 3 is 1.80 bits per heavy atom. The van der Waals surface area contributed by atoms with Crippen molar-refractivity contribution in [2.45, 2.75) is 51.8 Å². The van der Waals surface area contributed by atoms with Crippen LogP contribution in [0.4, 0.5) is 0 Å². The van der Waals surface area contributed by atoms with Gasteiger partial charge in [0, 0.05) is 10.5 Å². The fourth-order valence-corrected chi connectivity index (χ4v) is 4.43. The number of rotatable bonds is 10. The molecule has 0 N–H and O–H groups in total. The average molecular weight is 376 g/mol. The molecule has 0 fully saturated rings. The third-order valence-electron chi connectivity index (χ3n) is 2.86. The van der Waals surface area contributed by atoms with Gasteiger partial charge in [0.25, 0.3) is 17.0 Å². The van der Waals surface area contributed by atoms with Crippen molar-refractivity contribution >= 4 is 7.60 Å². The third kappa shape index (κ3) is 6.08. The minimum atomic E-state index is -4.38. The number of hydrogen-bond donors (Lipinski definition) is 0. The highest BCUT2D eigenvalue weighted by molar-refractivity contribution is 7.54. The molecule has 1 rings (SSSR count). The molecule has 2 atom stereocenters. The number of nitrogens with zero attached hydrogens (tertiary/aromatic N) is 2. The molecule has 25 heavy (non-hydrogen) atoms. The van der Waals surface area contributed by atoms with Crippen LogP contribution in [0.1, 0.15) is 39.3 Å². The fraction of sp³-hybridized carbons (Fsp3) is 0.571. The van der Waals surface area contributed by atoms with Gasteiger partial charge in [-0.25, -0.2) is 0 Å². The van der Waals surface area contributed by atoms with E-state index in [0.717, 1.165) is 0 Å². The van der Waals surface area contributed by atoms with Gasteiger partial charge in [-0.1, -0.05) is 30.3 Å². The maximum absolute atomic E-state index is 13.2. The van der Waals surface area contributed by atoms with Crippen LogP contribution < -0.4 is 0 Å². The van der Waals surface area contributed by atoms with Gasteiger partial charge in [-0.05, 0) is 27.7 Å². The molecule has 10 nitrogen and oxygen atoms in total. The Morgan fingerprint density at radius 2 is 1.44 bits per heavy atom. The largest absolute Gasteiger partial charge is 0.367 e. The second-order valence-electron chi connectivity index (χ2n) is 5.71. The van der Waals surface area contributed by atoms with Crippen LogP contribution in [-0.4, -0.2) is 28.1 Å². The molecule has 0 aliphatic rings. The van der Waals surface area contributed by atoms with Gasteiger partial charge in [-0.15, -0.1) is 10.1 Å². The van der Waals surface area contributed by atoms with Gasteiger partial charge in [-0.3, -0.25) is 19.5 Å². The molecule has 0 saturated carbocycles. The number of benzene rings is 1. The van der Waals surface area contributed by atoms with Crippen molar-refractivity contribution < 1.29 is 28.5 Å². The molecule has 1 aromatic rings. The fourth-order valence-electron chi connectivity index (χ4n) is 2.15. The maximum Gasteiger partial charge on any atom is 0.367 e. The minimum Gasteiger partial charge on any atom is -0.304 e. The molecule has 0 aromatic heterocycles. The molecule has 0 saturated heterocycles. The summed E-state index contributed by atoms with van der Waals surface area (Å²) in [6, 6.07) is 5.63. The van der Waals surface area contributed by atoms with Crippen molar-refractivity contribution in [2.24, 2.45) is 0 Å². The highest BCUT2D eigenvalue weighted by atomic mass is 31.2. The Hall–Kier alpha value is -2.03. The molecule has 1 aromatic carbocycles. The quantitative estimate of drug-likeness (QED) is 0.344. The molecule has 0 aliphatic heterocycles. The first-order chi connectivity index (χ1) is 11.6. The van der Waals surface area contributed by atoms with Crippen molar-refractivity contribution in [2.75, 3.05) is 0 Å². The summed E-state index contributed by atoms with van der Waals surface area (Å²) in [6.07, 6.45) is -1.32. The molecular formula is C14H21N2O8P. The van der Waals surface area contributed by atoms with Crippen LogP contribution in [0, 0.1) is 20.2 Å². The van der Waals surface area contributed by atoms with Crippen LogP contribution in [0.5, 0.6) is 0 Å². The Bertz CT molecular complexity index is 623. The zero-order valence-electron chi connectivity index (χ0n) is 14.3. The molecule has 0 bridgehead atoms. The lowest BCUT2D eigenvalue weighted by Crippen LogP contribution is -2.33. The van der Waals surface area contributed by atoms with Crippen LogP contribution in [0.2, 0.25) is 0 Å². The Kier molecular flexibility index (Phi) is 7.47. The van der Waals surface area contributed by atoms with E-state index in [1.807, 2.05) is 0 Å². The standard InChI is InChI=1S/C14H21N2O8P/c1-10(2)23-25(21,24-11(3)4)14(22-16(19)20)13(15(17)18)12-8-6-5-7-9-12/h5-11,13-14H,1-4H3. The van der Waals surface area contributed by atoms with Crippen LogP contribution in [0.25, 0.3) is 0 Å². The first-order valence-corrected chi connectivity index (χ1v) is 9.14. The first-order valence-electron chi connectivity index (χ1n) is 7.53. The highest BCUT2D eigenvalue weighted by Crippen LogP contribution is 2.59. The van der Waals surface area contributed by atoms with Gasteiger partial charge in [0.05, 0.1) is 12.2 Å². The first kappa shape index (κ1) is 21.0. The van der Waals surface area contributed by atoms with Gasteiger partial charge < -0.3 is 9.05 Å². The molecule has 11 heteroatoms. The normalized spacial score (nSPS) is 14.3. The number of nitro groups is 1. The molecule has 0 amide bonds. The molecule has 0 heterocycles. The third-order valence-corrected chi connectivity index (χ3v) is 5.29. The molecule has 2 unspecified atom stereocenters. The second kappa shape index (κ2) is 8.89. The smallest absolute Gasteiger partial charge is 0.304 e. The van der Waals surface area contributed by atoms with Gasteiger partial charge in [0.1, 0.15) is 0 Å². The lowest BCUT2D eigenvalue weighted by molar-refractivity contribution is -0.772. The van der Waals surface area contributed by atoms with Crippen LogP contribution >= 0.6 is 7.60 Å². The van der Waals surface area contributed by atoms with Crippen molar-refractivity contribution in [1.29, 1.82) is 0 Å². The Balaban J connectivity index is 3.46. The number of hydrogen-bond acceptors (Lipinski definition) is 8. The van der Waals surface area contributed by atoms with E-state index in [9.17, 15) is 24.8 Å². The predicted octanol–water partition coefficient (Wildman–Crippen LogP) is 3.58. The van der Waals surface area contributed by atoms with E-state index >= 15 is 0 Å². The summed E-state index contributed by atoms with van der Waals surface area (Å²) in [4.78, 5) is 26.2. The van der Waals surface area contributed by atoms with Gasteiger partial charge in [0.15, 0.2) is 0 Å². The van der Waals surface area contributed by atoms with E-state index in [0.29, 0.717) is 0 Å². The topological polar surface area (TPSA) is 131 Å². The van der Waals surface area contributed by atoms with E-state index in [-0.39, 0.29) is 5.56 Å². The van der Waals surface area contributed by atoms with E-state index in [1.165, 1.54) is 52.0 Å². The predicted molar refractivity (Wildman–Crippen MR) is 88.1 cm³/mol. The van der Waals surface area contributed by atoms with E-state index in [2.05, 4.69) is 4.84 Å². The molecule has 0 aliphatic carbocycles. The van der Waals surface area contributed by atoms with Gasteiger partial charge in [0.2, 0.25) is 0 Å². The van der Waals surface area contributed by atoms with Crippen molar-refractivity contribution in [3.63, 3.8) is 0 Å². The van der Waals surface area contributed by atoms with Crippen LogP contribution in [0.3, 0.4) is 0 Å². The van der Waals surface area contributed by atoms with E-state index < -0.39 is 41.7 Å². The molecule has 0 spiro atoms. The summed E-state index contributed by atoms with van der Waals surface area (Å²) in [5.74, 6) is -2.05. The van der Waals surface area contributed by atoms with Crippen LogP contribution in [0.15, 0.2) is 30.3 Å². The van der Waals surface area contributed by atoms with E-state index in [1.54, 1.807) is 6.07 Å². The summed E-state index contributed by atoms with van der Waals surface area (Å²) >= 11 is 0. The zero-order chi connectivity index (χ0) is 19.2. The van der Waals surface area contributed by atoms with Crippen LogP contribution in [-0.2, 0) is 18.5 Å². The Morgan fingerprint density at radius 1 is 0.960 bits per heavy atom. The second-order valence-corrected chi connectivity index (χ2v) is 7.72. The maximum atomic E-state index is 13.2. The summed E-state index contributed by atoms with van der Waals surface area (Å²) in [6.45, 7) is 6.12. The Labute approximate surface area is 144 Å². The highest BCUT2D eigenvalue weighted by Gasteiger charge is 2.52. The monoisotopic (exact) mass is 376 g/mol. The summed E-state index contributed by atoms with van der Waals surface area (Å²) < 4.78 is 23.7. The van der Waals surface area contributed by atoms with Crippen molar-refractivity contribution in [1.82, 2.24) is 0 Å². The summed E-state index contributed by atoms with van der Waals surface area (Å²) in [7, 11) is -4.38. The van der Waals surface area contributed by atoms with Gasteiger partial charge in [-0.2, -0.15) is 0 Å². The van der Waals surface area contributed by atoms with Crippen molar-refractivity contribution in [3.05, 3.63) is 56.1 Å². The average Bonchev–Trinajstić information content (AvgIpc) is 2.45. The van der Waals surface area contributed by atoms with Crippen molar-refractivity contribution in [3.8, 4) is 0 Å². The molecular weight excluding hydrogens is 355 g/mol. The summed E-state index contributed by atoms with van der Waals surface area (Å²) in [5, 5.41) is 21.3. The molecule has 0 radical (unpaired) electrons. The van der Waals surface area contributed by atoms with E-state index in [4.69, 9.17) is 9.05 Å². The lowest BCUT2D eigenvalue weighted by Gasteiger charge is -2.29. The molecule has 140 valence electrons. The minimum absolute atomic E-state index is 0.0827. The summed E-state index contributed by atoms with van der Waals surface area (Å²) in [5.41, 5.74) is 0.0827. The zero-order valence-corrected chi connectivity index (χ0v) is 15.2. The lowest BCUT2D eigenvalue weighted by atomic mass is 10.1. The SMILES string of the molecule is CC(C)OP(=O)(OC(C)C)C(O[N+](=O)[O-])C(c1ccccc1)[N+](=O)[O-].